The molecule has 1 aromatic carbocycles. The van der Waals surface area contributed by atoms with Crippen LogP contribution in [-0.4, -0.2) is 43.2 Å². The summed E-state index contributed by atoms with van der Waals surface area (Å²) in [5.41, 5.74) is 2.49. The van der Waals surface area contributed by atoms with Crippen LogP contribution in [0.3, 0.4) is 0 Å². The Kier molecular flexibility index (Phi) is 8.56. The van der Waals surface area contributed by atoms with Crippen molar-refractivity contribution in [1.82, 2.24) is 10.6 Å². The van der Waals surface area contributed by atoms with Crippen molar-refractivity contribution < 1.29 is 9.53 Å². The number of rotatable bonds is 5. The maximum absolute atomic E-state index is 12.2. The molecule has 2 aliphatic rings. The van der Waals surface area contributed by atoms with E-state index in [-0.39, 0.29) is 24.4 Å². The van der Waals surface area contributed by atoms with Gasteiger partial charge in [-0.3, -0.25) is 4.79 Å². The molecule has 4 nitrogen and oxygen atoms in total. The van der Waals surface area contributed by atoms with Crippen molar-refractivity contribution in [2.45, 2.75) is 38.3 Å². The highest BCUT2D eigenvalue weighted by atomic mass is 35.5. The van der Waals surface area contributed by atoms with Gasteiger partial charge in [-0.15, -0.1) is 12.4 Å². The van der Waals surface area contributed by atoms with E-state index in [0.29, 0.717) is 24.9 Å². The molecule has 2 aliphatic heterocycles. The molecular formula is C19H29ClN2O2S. The highest BCUT2D eigenvalue weighted by molar-refractivity contribution is 7.99. The predicted molar refractivity (Wildman–Crippen MR) is 107 cm³/mol. The lowest BCUT2D eigenvalue weighted by Crippen LogP contribution is -2.42. The summed E-state index contributed by atoms with van der Waals surface area (Å²) in [7, 11) is 0. The van der Waals surface area contributed by atoms with Crippen molar-refractivity contribution in [1.29, 1.82) is 0 Å². The van der Waals surface area contributed by atoms with Gasteiger partial charge < -0.3 is 15.4 Å². The molecule has 1 aromatic rings. The Hall–Kier alpha value is -0.750. The molecule has 2 fully saturated rings. The summed E-state index contributed by atoms with van der Waals surface area (Å²) in [6, 6.07) is 8.90. The van der Waals surface area contributed by atoms with Gasteiger partial charge in [0.05, 0.1) is 6.10 Å². The molecule has 3 unspecified atom stereocenters. The molecular weight excluding hydrogens is 356 g/mol. The molecule has 0 aromatic heterocycles. The van der Waals surface area contributed by atoms with Gasteiger partial charge in [0.15, 0.2) is 0 Å². The largest absolute Gasteiger partial charge is 0.373 e. The van der Waals surface area contributed by atoms with Crippen molar-refractivity contribution in [2.75, 3.05) is 31.2 Å². The fraction of sp³-hybridized carbons (Fsp3) is 0.632. The van der Waals surface area contributed by atoms with Crippen LogP contribution in [0.15, 0.2) is 24.3 Å². The molecule has 3 rings (SSSR count). The quantitative estimate of drug-likeness (QED) is 0.819. The summed E-state index contributed by atoms with van der Waals surface area (Å²) >= 11 is 1.93. The lowest BCUT2D eigenvalue weighted by atomic mass is 9.89. The zero-order chi connectivity index (χ0) is 16.8. The van der Waals surface area contributed by atoms with Gasteiger partial charge in [-0.25, -0.2) is 0 Å². The standard InChI is InChI=1S/C19H28N2O2S.ClH/c1-14-4-6-15(7-5-14)19-16(3-2-9-23-19)12-21-18(22)11-17-13-24-10-8-20-17;/h4-7,16-17,19-20H,2-3,8-13H2,1H3,(H,21,22);1H. The fourth-order valence-corrected chi connectivity index (χ4v) is 4.42. The van der Waals surface area contributed by atoms with E-state index in [1.807, 2.05) is 11.8 Å². The van der Waals surface area contributed by atoms with E-state index < -0.39 is 0 Å². The van der Waals surface area contributed by atoms with Gasteiger partial charge in [0.25, 0.3) is 0 Å². The minimum Gasteiger partial charge on any atom is -0.373 e. The molecule has 3 atom stereocenters. The van der Waals surface area contributed by atoms with Crippen LogP contribution < -0.4 is 10.6 Å². The molecule has 0 saturated carbocycles. The van der Waals surface area contributed by atoms with Gasteiger partial charge in [0.1, 0.15) is 0 Å². The smallest absolute Gasteiger partial charge is 0.221 e. The van der Waals surface area contributed by atoms with E-state index in [9.17, 15) is 4.79 Å². The van der Waals surface area contributed by atoms with Gasteiger partial charge in [-0.1, -0.05) is 29.8 Å². The fourth-order valence-electron chi connectivity index (χ4n) is 3.47. The average Bonchev–Trinajstić information content (AvgIpc) is 2.62. The Bertz CT molecular complexity index is 535. The maximum atomic E-state index is 12.2. The third-order valence-electron chi connectivity index (χ3n) is 4.84. The Morgan fingerprint density at radius 2 is 2.16 bits per heavy atom. The number of hydrogen-bond acceptors (Lipinski definition) is 4. The van der Waals surface area contributed by atoms with E-state index in [2.05, 4.69) is 41.8 Å². The number of carbonyl (C=O) groups excluding carboxylic acids is 1. The minimum atomic E-state index is 0. The number of aryl methyl sites for hydroxylation is 1. The zero-order valence-corrected chi connectivity index (χ0v) is 16.5. The molecule has 0 bridgehead atoms. The molecule has 1 amide bonds. The van der Waals surface area contributed by atoms with Gasteiger partial charge >= 0.3 is 0 Å². The average molecular weight is 385 g/mol. The normalized spacial score (nSPS) is 26.5. The first-order chi connectivity index (χ1) is 11.7. The molecule has 0 aliphatic carbocycles. The van der Waals surface area contributed by atoms with Gasteiger partial charge in [-0.05, 0) is 25.3 Å². The second-order valence-corrected chi connectivity index (χ2v) is 7.99. The molecule has 140 valence electrons. The number of benzene rings is 1. The number of thioether (sulfide) groups is 1. The Balaban J connectivity index is 0.00000225. The Morgan fingerprint density at radius 3 is 2.88 bits per heavy atom. The summed E-state index contributed by atoms with van der Waals surface area (Å²) in [5, 5.41) is 6.56. The summed E-state index contributed by atoms with van der Waals surface area (Å²) in [6.45, 7) is 4.62. The van der Waals surface area contributed by atoms with Crippen LogP contribution in [0.4, 0.5) is 0 Å². The van der Waals surface area contributed by atoms with Gasteiger partial charge in [0, 0.05) is 49.6 Å². The van der Waals surface area contributed by atoms with Crippen LogP contribution in [0.5, 0.6) is 0 Å². The summed E-state index contributed by atoms with van der Waals surface area (Å²) < 4.78 is 6.03. The molecule has 2 heterocycles. The second kappa shape index (κ2) is 10.4. The minimum absolute atomic E-state index is 0. The van der Waals surface area contributed by atoms with E-state index in [1.54, 1.807) is 0 Å². The third kappa shape index (κ3) is 6.17. The second-order valence-electron chi connectivity index (χ2n) is 6.84. The van der Waals surface area contributed by atoms with Crippen LogP contribution in [0, 0.1) is 12.8 Å². The number of carbonyl (C=O) groups is 1. The number of amides is 1. The lowest BCUT2D eigenvalue weighted by molar-refractivity contribution is -0.122. The third-order valence-corrected chi connectivity index (χ3v) is 5.97. The summed E-state index contributed by atoms with van der Waals surface area (Å²) in [5.74, 6) is 2.70. The first kappa shape index (κ1) is 20.6. The lowest BCUT2D eigenvalue weighted by Gasteiger charge is -2.32. The van der Waals surface area contributed by atoms with Crippen molar-refractivity contribution in [3.63, 3.8) is 0 Å². The van der Waals surface area contributed by atoms with Crippen LogP contribution >= 0.6 is 24.2 Å². The first-order valence-corrected chi connectivity index (χ1v) is 10.1. The molecule has 2 saturated heterocycles. The Labute approximate surface area is 161 Å². The van der Waals surface area contributed by atoms with Crippen molar-refractivity contribution in [3.05, 3.63) is 35.4 Å². The molecule has 0 radical (unpaired) electrons. The van der Waals surface area contributed by atoms with Crippen molar-refractivity contribution in [3.8, 4) is 0 Å². The monoisotopic (exact) mass is 384 g/mol. The SMILES string of the molecule is Cc1ccc(C2OCCCC2CNC(=O)CC2CSCCN2)cc1.Cl. The number of nitrogens with one attached hydrogen (secondary N) is 2. The highest BCUT2D eigenvalue weighted by Crippen LogP contribution is 2.33. The first-order valence-electron chi connectivity index (χ1n) is 8.98. The molecule has 2 N–H and O–H groups in total. The summed E-state index contributed by atoms with van der Waals surface area (Å²) in [4.78, 5) is 12.2. The highest BCUT2D eigenvalue weighted by Gasteiger charge is 2.28. The van der Waals surface area contributed by atoms with Crippen LogP contribution in [0.1, 0.15) is 36.5 Å². The molecule has 25 heavy (non-hydrogen) atoms. The maximum Gasteiger partial charge on any atom is 0.221 e. The number of halogens is 1. The van der Waals surface area contributed by atoms with E-state index in [0.717, 1.165) is 37.5 Å². The summed E-state index contributed by atoms with van der Waals surface area (Å²) in [6.07, 6.45) is 2.86. The van der Waals surface area contributed by atoms with Gasteiger partial charge in [-0.2, -0.15) is 11.8 Å². The van der Waals surface area contributed by atoms with Crippen molar-refractivity contribution in [2.24, 2.45) is 5.92 Å². The van der Waals surface area contributed by atoms with Crippen molar-refractivity contribution >= 4 is 30.1 Å². The van der Waals surface area contributed by atoms with Crippen LogP contribution in [0.25, 0.3) is 0 Å². The molecule has 6 heteroatoms. The Morgan fingerprint density at radius 1 is 1.36 bits per heavy atom. The van der Waals surface area contributed by atoms with Gasteiger partial charge in [0.2, 0.25) is 5.91 Å². The van der Waals surface area contributed by atoms with E-state index >= 15 is 0 Å². The molecule has 0 spiro atoms. The van der Waals surface area contributed by atoms with E-state index in [1.165, 1.54) is 11.1 Å². The van der Waals surface area contributed by atoms with Crippen LogP contribution in [0.2, 0.25) is 0 Å². The predicted octanol–water partition coefficient (Wildman–Crippen LogP) is 3.10. The van der Waals surface area contributed by atoms with Crippen LogP contribution in [-0.2, 0) is 9.53 Å². The number of hydrogen-bond donors (Lipinski definition) is 2. The van der Waals surface area contributed by atoms with E-state index in [4.69, 9.17) is 4.74 Å². The topological polar surface area (TPSA) is 50.4 Å². The zero-order valence-electron chi connectivity index (χ0n) is 14.8. The number of ether oxygens (including phenoxy) is 1.